The molecule has 0 spiro atoms. The molecule has 1 aliphatic heterocycles. The number of likely N-dealkylation sites (N-methyl/N-ethyl adjacent to an activating group) is 1. The number of thiophene rings is 1. The molecule has 0 aliphatic carbocycles. The van der Waals surface area contributed by atoms with Crippen molar-refractivity contribution in [3.63, 3.8) is 0 Å². The van der Waals surface area contributed by atoms with E-state index in [-0.39, 0.29) is 0 Å². The first-order valence-corrected chi connectivity index (χ1v) is 7.14. The highest BCUT2D eigenvalue weighted by molar-refractivity contribution is 7.12. The van der Waals surface area contributed by atoms with Gasteiger partial charge in [-0.05, 0) is 33.0 Å². The minimum absolute atomic E-state index is 0.400. The van der Waals surface area contributed by atoms with Crippen LogP contribution in [-0.2, 0) is 0 Å². The summed E-state index contributed by atoms with van der Waals surface area (Å²) in [5.74, 6) is 0. The van der Waals surface area contributed by atoms with E-state index in [0.29, 0.717) is 18.6 Å². The summed E-state index contributed by atoms with van der Waals surface area (Å²) in [7, 11) is 2.20. The number of hydrogen-bond donors (Lipinski definition) is 1. The van der Waals surface area contributed by atoms with Gasteiger partial charge in [0.2, 0.25) is 0 Å². The average molecular weight is 253 g/mol. The first-order valence-electron chi connectivity index (χ1n) is 6.32. The number of piperazine rings is 1. The standard InChI is InChI=1S/C13H23N3S/c1-10-9-15(3)6-7-16(10)12(8-14)13-5-4-11(2)17-13/h4-5,10,12H,6-9,14H2,1-3H3. The van der Waals surface area contributed by atoms with Crippen LogP contribution in [0, 0.1) is 6.92 Å². The van der Waals surface area contributed by atoms with Gasteiger partial charge in [0.1, 0.15) is 0 Å². The summed E-state index contributed by atoms with van der Waals surface area (Å²) in [4.78, 5) is 7.75. The zero-order valence-corrected chi connectivity index (χ0v) is 11.8. The van der Waals surface area contributed by atoms with E-state index in [1.165, 1.54) is 9.75 Å². The summed E-state index contributed by atoms with van der Waals surface area (Å²) < 4.78 is 0. The molecule has 0 saturated carbocycles. The summed E-state index contributed by atoms with van der Waals surface area (Å²) in [5.41, 5.74) is 5.99. The Morgan fingerprint density at radius 3 is 2.76 bits per heavy atom. The van der Waals surface area contributed by atoms with Crippen molar-refractivity contribution in [2.75, 3.05) is 33.2 Å². The molecule has 2 N–H and O–H groups in total. The van der Waals surface area contributed by atoms with E-state index >= 15 is 0 Å². The van der Waals surface area contributed by atoms with Gasteiger partial charge < -0.3 is 10.6 Å². The van der Waals surface area contributed by atoms with Crippen LogP contribution in [0.15, 0.2) is 12.1 Å². The van der Waals surface area contributed by atoms with Crippen molar-refractivity contribution in [3.8, 4) is 0 Å². The van der Waals surface area contributed by atoms with Crippen molar-refractivity contribution in [2.24, 2.45) is 5.73 Å². The molecular formula is C13H23N3S. The third kappa shape index (κ3) is 2.88. The van der Waals surface area contributed by atoms with Crippen LogP contribution in [0.25, 0.3) is 0 Å². The van der Waals surface area contributed by atoms with Crippen LogP contribution in [0.2, 0.25) is 0 Å². The molecular weight excluding hydrogens is 230 g/mol. The smallest absolute Gasteiger partial charge is 0.0567 e. The van der Waals surface area contributed by atoms with Crippen LogP contribution >= 0.6 is 11.3 Å². The third-order valence-corrected chi connectivity index (χ3v) is 4.70. The number of nitrogens with zero attached hydrogens (tertiary/aromatic N) is 2. The summed E-state index contributed by atoms with van der Waals surface area (Å²) in [6.07, 6.45) is 0. The molecule has 1 aromatic rings. The predicted molar refractivity (Wildman–Crippen MR) is 74.5 cm³/mol. The fourth-order valence-electron chi connectivity index (χ4n) is 2.66. The van der Waals surface area contributed by atoms with E-state index in [9.17, 15) is 0 Å². The topological polar surface area (TPSA) is 32.5 Å². The minimum atomic E-state index is 0.400. The van der Waals surface area contributed by atoms with Crippen molar-refractivity contribution in [1.29, 1.82) is 0 Å². The summed E-state index contributed by atoms with van der Waals surface area (Å²) in [5, 5.41) is 0. The predicted octanol–water partition coefficient (Wildman–Crippen LogP) is 1.69. The van der Waals surface area contributed by atoms with Crippen molar-refractivity contribution in [3.05, 3.63) is 21.9 Å². The Morgan fingerprint density at radius 2 is 2.24 bits per heavy atom. The highest BCUT2D eigenvalue weighted by atomic mass is 32.1. The van der Waals surface area contributed by atoms with E-state index in [1.54, 1.807) is 0 Å². The molecule has 3 nitrogen and oxygen atoms in total. The Hall–Kier alpha value is -0.420. The van der Waals surface area contributed by atoms with Gasteiger partial charge >= 0.3 is 0 Å². The summed E-state index contributed by atoms with van der Waals surface area (Å²) in [6, 6.07) is 5.42. The molecule has 96 valence electrons. The molecule has 4 heteroatoms. The number of aryl methyl sites for hydroxylation is 1. The molecule has 2 heterocycles. The lowest BCUT2D eigenvalue weighted by Crippen LogP contribution is -2.52. The number of hydrogen-bond acceptors (Lipinski definition) is 4. The Morgan fingerprint density at radius 1 is 1.47 bits per heavy atom. The highest BCUT2D eigenvalue weighted by Crippen LogP contribution is 2.29. The maximum absolute atomic E-state index is 5.99. The second kappa shape index (κ2) is 5.48. The van der Waals surface area contributed by atoms with E-state index < -0.39 is 0 Å². The largest absolute Gasteiger partial charge is 0.329 e. The molecule has 0 radical (unpaired) electrons. The van der Waals surface area contributed by atoms with Gasteiger partial charge in [0.05, 0.1) is 6.04 Å². The molecule has 1 saturated heterocycles. The van der Waals surface area contributed by atoms with Gasteiger partial charge in [0.15, 0.2) is 0 Å². The van der Waals surface area contributed by atoms with Crippen molar-refractivity contribution in [2.45, 2.75) is 25.9 Å². The zero-order valence-electron chi connectivity index (χ0n) is 11.0. The van der Waals surface area contributed by atoms with Gasteiger partial charge in [-0.2, -0.15) is 0 Å². The van der Waals surface area contributed by atoms with Crippen LogP contribution in [0.3, 0.4) is 0 Å². The lowest BCUT2D eigenvalue weighted by atomic mass is 10.1. The van der Waals surface area contributed by atoms with Crippen LogP contribution in [0.1, 0.15) is 22.7 Å². The highest BCUT2D eigenvalue weighted by Gasteiger charge is 2.28. The second-order valence-corrected chi connectivity index (χ2v) is 6.37. The van der Waals surface area contributed by atoms with Crippen molar-refractivity contribution < 1.29 is 0 Å². The molecule has 0 bridgehead atoms. The molecule has 1 aromatic heterocycles. The molecule has 1 fully saturated rings. The Bertz CT molecular complexity index is 363. The quantitative estimate of drug-likeness (QED) is 0.890. The van der Waals surface area contributed by atoms with Gasteiger partial charge in [-0.15, -0.1) is 11.3 Å². The maximum Gasteiger partial charge on any atom is 0.0567 e. The van der Waals surface area contributed by atoms with Crippen LogP contribution in [0.4, 0.5) is 0 Å². The molecule has 17 heavy (non-hydrogen) atoms. The zero-order chi connectivity index (χ0) is 12.4. The second-order valence-electron chi connectivity index (χ2n) is 5.05. The Kier molecular flexibility index (Phi) is 4.20. The molecule has 2 rings (SSSR count). The lowest BCUT2D eigenvalue weighted by molar-refractivity contribution is 0.0648. The maximum atomic E-state index is 5.99. The fourth-order valence-corrected chi connectivity index (χ4v) is 3.68. The van der Waals surface area contributed by atoms with Crippen molar-refractivity contribution in [1.82, 2.24) is 9.80 Å². The molecule has 0 aromatic carbocycles. The Labute approximate surface area is 108 Å². The van der Waals surface area contributed by atoms with Crippen LogP contribution in [0.5, 0.6) is 0 Å². The fraction of sp³-hybridized carbons (Fsp3) is 0.692. The van der Waals surface area contributed by atoms with Crippen LogP contribution < -0.4 is 5.73 Å². The number of rotatable bonds is 3. The monoisotopic (exact) mass is 253 g/mol. The third-order valence-electron chi connectivity index (χ3n) is 3.60. The van der Waals surface area contributed by atoms with E-state index in [0.717, 1.165) is 19.6 Å². The van der Waals surface area contributed by atoms with Gasteiger partial charge in [0, 0.05) is 42.0 Å². The van der Waals surface area contributed by atoms with E-state index in [1.807, 2.05) is 11.3 Å². The Balaban J connectivity index is 2.13. The van der Waals surface area contributed by atoms with E-state index in [4.69, 9.17) is 5.73 Å². The molecule has 2 unspecified atom stereocenters. The SMILES string of the molecule is Cc1ccc(C(CN)N2CCN(C)CC2C)s1. The average Bonchev–Trinajstić information content (AvgIpc) is 2.69. The van der Waals surface area contributed by atoms with E-state index in [2.05, 4.69) is 42.8 Å². The summed E-state index contributed by atoms with van der Waals surface area (Å²) >= 11 is 1.88. The van der Waals surface area contributed by atoms with Gasteiger partial charge in [0.25, 0.3) is 0 Å². The number of nitrogens with two attached hydrogens (primary N) is 1. The minimum Gasteiger partial charge on any atom is -0.329 e. The molecule has 0 amide bonds. The molecule has 1 aliphatic rings. The van der Waals surface area contributed by atoms with Crippen molar-refractivity contribution >= 4 is 11.3 Å². The summed E-state index contributed by atoms with van der Waals surface area (Å²) in [6.45, 7) is 8.59. The van der Waals surface area contributed by atoms with Gasteiger partial charge in [-0.1, -0.05) is 0 Å². The first-order chi connectivity index (χ1) is 8.11. The first kappa shape index (κ1) is 13.0. The van der Waals surface area contributed by atoms with Crippen LogP contribution in [-0.4, -0.2) is 49.1 Å². The normalized spacial score (nSPS) is 25.1. The molecule has 2 atom stereocenters. The van der Waals surface area contributed by atoms with Gasteiger partial charge in [-0.25, -0.2) is 0 Å². The van der Waals surface area contributed by atoms with Gasteiger partial charge in [-0.3, -0.25) is 4.90 Å². The lowest BCUT2D eigenvalue weighted by Gasteiger charge is -2.42.